The van der Waals surface area contributed by atoms with Gasteiger partial charge in [-0.1, -0.05) is 30.3 Å². The average molecular weight is 449 g/mol. The molecule has 2 N–H and O–H groups in total. The number of carbonyl (C=O) groups is 1. The third-order valence-electron chi connectivity index (χ3n) is 5.52. The first-order chi connectivity index (χ1) is 15.8. The predicted molar refractivity (Wildman–Crippen MR) is 121 cm³/mol. The zero-order chi connectivity index (χ0) is 23.7. The van der Waals surface area contributed by atoms with Crippen molar-refractivity contribution in [1.82, 2.24) is 5.32 Å². The van der Waals surface area contributed by atoms with Crippen LogP contribution >= 0.6 is 0 Å². The van der Waals surface area contributed by atoms with Crippen molar-refractivity contribution in [1.29, 1.82) is 0 Å². The van der Waals surface area contributed by atoms with Gasteiger partial charge in [0.05, 0.1) is 16.5 Å². The number of rotatable bonds is 6. The highest BCUT2D eigenvalue weighted by Gasteiger charge is 2.19. The van der Waals surface area contributed by atoms with Crippen LogP contribution < -0.4 is 10.7 Å². The van der Waals surface area contributed by atoms with Crippen molar-refractivity contribution in [2.75, 3.05) is 0 Å². The molecule has 33 heavy (non-hydrogen) atoms. The number of hydrogen-bond acceptors (Lipinski definition) is 4. The molecule has 4 aromatic rings. The van der Waals surface area contributed by atoms with Crippen molar-refractivity contribution in [2.45, 2.75) is 26.4 Å². The van der Waals surface area contributed by atoms with Gasteiger partial charge in [0.2, 0.25) is 0 Å². The summed E-state index contributed by atoms with van der Waals surface area (Å²) in [6.45, 7) is 3.74. The van der Waals surface area contributed by atoms with Crippen LogP contribution in [0.1, 0.15) is 40.0 Å². The Balaban J connectivity index is 1.76. The summed E-state index contributed by atoms with van der Waals surface area (Å²) < 4.78 is 34.3. The van der Waals surface area contributed by atoms with Crippen molar-refractivity contribution < 1.29 is 23.1 Å². The molecule has 1 heterocycles. The Hall–Kier alpha value is -3.84. The van der Waals surface area contributed by atoms with Gasteiger partial charge in [-0.2, -0.15) is 0 Å². The lowest BCUT2D eigenvalue weighted by Gasteiger charge is -2.18. The molecule has 168 valence electrons. The van der Waals surface area contributed by atoms with Crippen molar-refractivity contribution in [3.05, 3.63) is 105 Å². The molecular weight excluding hydrogens is 428 g/mol. The molecule has 1 unspecified atom stereocenters. The minimum atomic E-state index is -1.35. The largest absolute Gasteiger partial charge is 0.478 e. The molecule has 0 saturated heterocycles. The Labute approximate surface area is 188 Å². The van der Waals surface area contributed by atoms with E-state index < -0.39 is 23.6 Å². The highest BCUT2D eigenvalue weighted by Crippen LogP contribution is 2.30. The predicted octanol–water partition coefficient (Wildman–Crippen LogP) is 5.60. The van der Waals surface area contributed by atoms with Crippen molar-refractivity contribution >= 4 is 16.9 Å². The molecule has 7 heteroatoms. The second kappa shape index (κ2) is 8.96. The van der Waals surface area contributed by atoms with E-state index in [9.17, 15) is 23.5 Å². The molecular formula is C26H21F2NO4. The third-order valence-corrected chi connectivity index (χ3v) is 5.52. The van der Waals surface area contributed by atoms with Crippen LogP contribution in [0.2, 0.25) is 0 Å². The van der Waals surface area contributed by atoms with E-state index in [1.807, 2.05) is 19.9 Å². The van der Waals surface area contributed by atoms with Crippen LogP contribution in [-0.2, 0) is 6.54 Å². The first-order valence-corrected chi connectivity index (χ1v) is 10.3. The topological polar surface area (TPSA) is 79.5 Å². The minimum absolute atomic E-state index is 0.0766. The number of carboxylic acid groups (broad SMARTS) is 1. The first-order valence-electron chi connectivity index (χ1n) is 10.3. The number of carboxylic acids is 1. The molecule has 0 radical (unpaired) electrons. The van der Waals surface area contributed by atoms with E-state index in [1.54, 1.807) is 18.2 Å². The fraction of sp³-hybridized carbons (Fsp3) is 0.154. The molecule has 0 aliphatic carbocycles. The first kappa shape index (κ1) is 22.4. The number of aromatic carboxylic acids is 1. The summed E-state index contributed by atoms with van der Waals surface area (Å²) in [4.78, 5) is 24.3. The van der Waals surface area contributed by atoms with Gasteiger partial charge in [-0.25, -0.2) is 13.6 Å². The highest BCUT2D eigenvalue weighted by atomic mass is 19.1. The summed E-state index contributed by atoms with van der Waals surface area (Å²) in [7, 11) is 0. The van der Waals surface area contributed by atoms with Crippen LogP contribution in [0.3, 0.4) is 0 Å². The van der Waals surface area contributed by atoms with Gasteiger partial charge in [0.15, 0.2) is 5.43 Å². The summed E-state index contributed by atoms with van der Waals surface area (Å²) in [6.07, 6.45) is 0. The van der Waals surface area contributed by atoms with Crippen LogP contribution in [0.5, 0.6) is 0 Å². The van der Waals surface area contributed by atoms with E-state index in [0.29, 0.717) is 22.1 Å². The maximum atomic E-state index is 14.3. The molecule has 0 bridgehead atoms. The van der Waals surface area contributed by atoms with Gasteiger partial charge < -0.3 is 14.8 Å². The van der Waals surface area contributed by atoms with Gasteiger partial charge in [0.1, 0.15) is 23.0 Å². The molecule has 4 rings (SSSR count). The zero-order valence-corrected chi connectivity index (χ0v) is 18.0. The average Bonchev–Trinajstić information content (AvgIpc) is 2.77. The maximum absolute atomic E-state index is 14.3. The van der Waals surface area contributed by atoms with Crippen molar-refractivity contribution in [2.24, 2.45) is 0 Å². The number of fused-ring (bicyclic) bond motifs is 1. The summed E-state index contributed by atoms with van der Waals surface area (Å²) in [6, 6.07) is 14.6. The van der Waals surface area contributed by atoms with Crippen LogP contribution in [0.15, 0.2) is 69.9 Å². The summed E-state index contributed by atoms with van der Waals surface area (Å²) in [5.41, 5.74) is 1.56. The van der Waals surface area contributed by atoms with Gasteiger partial charge >= 0.3 is 5.97 Å². The number of hydrogen-bond donors (Lipinski definition) is 2. The number of nitrogens with one attached hydrogen (secondary N) is 1. The fourth-order valence-corrected chi connectivity index (χ4v) is 3.88. The van der Waals surface area contributed by atoms with E-state index in [1.165, 1.54) is 30.3 Å². The van der Waals surface area contributed by atoms with Gasteiger partial charge in [0, 0.05) is 24.2 Å². The van der Waals surface area contributed by atoms with E-state index in [4.69, 9.17) is 4.42 Å². The summed E-state index contributed by atoms with van der Waals surface area (Å²) in [5, 5.41) is 12.9. The summed E-state index contributed by atoms with van der Waals surface area (Å²) in [5.74, 6) is -2.55. The van der Waals surface area contributed by atoms with Crippen molar-refractivity contribution in [3.63, 3.8) is 0 Å². The van der Waals surface area contributed by atoms with E-state index in [-0.39, 0.29) is 28.9 Å². The SMILES string of the molecule is Cc1cc(C(C)NCc2cccc(F)c2C(=O)O)c2oc(-c3ccccc3F)cc(=O)c2c1. The lowest BCUT2D eigenvalue weighted by atomic mass is 10.00. The van der Waals surface area contributed by atoms with Crippen LogP contribution in [0.25, 0.3) is 22.3 Å². The molecule has 1 aromatic heterocycles. The standard InChI is InChI=1S/C26H21F2NO4/c1-14-10-18(15(2)29-13-16-6-5-9-21(28)24(16)26(31)32)25-19(11-14)22(30)12-23(33-25)17-7-3-4-8-20(17)27/h3-12,15,29H,13H2,1-2H3,(H,31,32). The molecule has 5 nitrogen and oxygen atoms in total. The fourth-order valence-electron chi connectivity index (χ4n) is 3.88. The van der Waals surface area contributed by atoms with Gasteiger partial charge in [-0.3, -0.25) is 4.79 Å². The molecule has 3 aromatic carbocycles. The summed E-state index contributed by atoms with van der Waals surface area (Å²) >= 11 is 0. The lowest BCUT2D eigenvalue weighted by Crippen LogP contribution is -2.21. The van der Waals surface area contributed by atoms with E-state index in [2.05, 4.69) is 5.32 Å². The Morgan fingerprint density at radius 1 is 1.06 bits per heavy atom. The zero-order valence-electron chi connectivity index (χ0n) is 18.0. The normalized spacial score (nSPS) is 12.1. The maximum Gasteiger partial charge on any atom is 0.339 e. The second-order valence-electron chi connectivity index (χ2n) is 7.87. The minimum Gasteiger partial charge on any atom is -0.478 e. The molecule has 0 aliphatic rings. The quantitative estimate of drug-likeness (QED) is 0.401. The van der Waals surface area contributed by atoms with Gasteiger partial charge in [0.25, 0.3) is 0 Å². The van der Waals surface area contributed by atoms with Crippen LogP contribution in [0, 0.1) is 18.6 Å². The third kappa shape index (κ3) is 4.40. The molecule has 0 saturated carbocycles. The van der Waals surface area contributed by atoms with E-state index in [0.717, 1.165) is 11.6 Å². The van der Waals surface area contributed by atoms with E-state index >= 15 is 0 Å². The van der Waals surface area contributed by atoms with Gasteiger partial charge in [-0.05, 0) is 49.2 Å². The highest BCUT2D eigenvalue weighted by molar-refractivity contribution is 5.89. The molecule has 0 fully saturated rings. The number of benzene rings is 3. The molecule has 0 amide bonds. The Morgan fingerprint density at radius 2 is 1.79 bits per heavy atom. The Bertz CT molecular complexity index is 1430. The molecule has 0 aliphatic heterocycles. The lowest BCUT2D eigenvalue weighted by molar-refractivity contribution is 0.0690. The number of halogens is 2. The second-order valence-corrected chi connectivity index (χ2v) is 7.87. The smallest absolute Gasteiger partial charge is 0.339 e. The number of aryl methyl sites for hydroxylation is 1. The van der Waals surface area contributed by atoms with Crippen molar-refractivity contribution in [3.8, 4) is 11.3 Å². The van der Waals surface area contributed by atoms with Gasteiger partial charge in [-0.15, -0.1) is 0 Å². The van der Waals surface area contributed by atoms with Crippen LogP contribution in [-0.4, -0.2) is 11.1 Å². The van der Waals surface area contributed by atoms with Crippen LogP contribution in [0.4, 0.5) is 8.78 Å². The molecule has 1 atom stereocenters. The monoisotopic (exact) mass is 449 g/mol. The molecule has 0 spiro atoms. The Kier molecular flexibility index (Phi) is 6.07. The Morgan fingerprint density at radius 3 is 2.52 bits per heavy atom.